The lowest BCUT2D eigenvalue weighted by molar-refractivity contribution is -0.114. The van der Waals surface area contributed by atoms with E-state index in [2.05, 4.69) is 5.32 Å². The maximum absolute atomic E-state index is 12.7. The molecule has 150 valence electrons. The summed E-state index contributed by atoms with van der Waals surface area (Å²) in [5, 5.41) is 3.29. The Labute approximate surface area is 179 Å². The lowest BCUT2D eigenvalue weighted by Gasteiger charge is -2.23. The number of carbonyl (C=O) groups is 1. The summed E-state index contributed by atoms with van der Waals surface area (Å²) < 4.78 is 25.6. The SMILES string of the molecule is CS(=O)(=O)N(CC(=O)Nc1ccccc1-c1ccccc1)c1cc(Cl)ccc1Cl. The van der Waals surface area contributed by atoms with E-state index in [1.165, 1.54) is 12.1 Å². The molecule has 0 radical (unpaired) electrons. The van der Waals surface area contributed by atoms with Gasteiger partial charge in [0.05, 0.1) is 17.0 Å². The lowest BCUT2D eigenvalue weighted by atomic mass is 10.0. The van der Waals surface area contributed by atoms with Crippen molar-refractivity contribution in [3.05, 3.63) is 82.8 Å². The first kappa shape index (κ1) is 21.2. The van der Waals surface area contributed by atoms with Gasteiger partial charge in [0.15, 0.2) is 0 Å². The van der Waals surface area contributed by atoms with Gasteiger partial charge in [0.1, 0.15) is 6.54 Å². The third-order valence-corrected chi connectivity index (χ3v) is 5.83. The molecule has 3 aromatic carbocycles. The molecule has 1 amide bonds. The number of benzene rings is 3. The number of sulfonamides is 1. The molecular weight excluding hydrogens is 431 g/mol. The number of rotatable bonds is 6. The number of nitrogens with zero attached hydrogens (tertiary/aromatic N) is 1. The first-order valence-electron chi connectivity index (χ1n) is 8.63. The van der Waals surface area contributed by atoms with Crippen molar-refractivity contribution >= 4 is 50.5 Å². The maximum atomic E-state index is 12.7. The molecule has 0 fully saturated rings. The molecule has 3 rings (SSSR count). The summed E-state index contributed by atoms with van der Waals surface area (Å²) in [7, 11) is -3.78. The van der Waals surface area contributed by atoms with Crippen LogP contribution in [0.3, 0.4) is 0 Å². The predicted octanol–water partition coefficient (Wildman–Crippen LogP) is 5.07. The van der Waals surface area contributed by atoms with Crippen LogP contribution in [0.5, 0.6) is 0 Å². The quantitative estimate of drug-likeness (QED) is 0.572. The van der Waals surface area contributed by atoms with Crippen molar-refractivity contribution in [2.75, 3.05) is 22.4 Å². The van der Waals surface area contributed by atoms with E-state index in [0.717, 1.165) is 21.7 Å². The summed E-state index contributed by atoms with van der Waals surface area (Å²) in [5.74, 6) is -0.505. The van der Waals surface area contributed by atoms with E-state index < -0.39 is 22.5 Å². The largest absolute Gasteiger partial charge is 0.324 e. The van der Waals surface area contributed by atoms with Crippen LogP contribution in [0, 0.1) is 0 Å². The van der Waals surface area contributed by atoms with E-state index in [1.54, 1.807) is 18.2 Å². The Balaban J connectivity index is 1.89. The molecule has 0 unspecified atom stereocenters. The molecule has 0 aliphatic rings. The van der Waals surface area contributed by atoms with Gasteiger partial charge in [0.25, 0.3) is 0 Å². The van der Waals surface area contributed by atoms with Crippen LogP contribution in [0.15, 0.2) is 72.8 Å². The van der Waals surface area contributed by atoms with Gasteiger partial charge in [-0.05, 0) is 29.8 Å². The highest BCUT2D eigenvalue weighted by molar-refractivity contribution is 7.92. The standard InChI is InChI=1S/C21H18Cl2N2O3S/c1-29(27,28)25(20-13-16(22)11-12-18(20)23)14-21(26)24-19-10-6-5-9-17(19)15-7-3-2-4-8-15/h2-13H,14H2,1H3,(H,24,26). The normalized spacial score (nSPS) is 11.1. The third kappa shape index (κ3) is 5.29. The molecule has 1 N–H and O–H groups in total. The Morgan fingerprint density at radius 3 is 2.31 bits per heavy atom. The van der Waals surface area contributed by atoms with E-state index in [9.17, 15) is 13.2 Å². The molecule has 0 aliphatic carbocycles. The van der Waals surface area contributed by atoms with Gasteiger partial charge in [-0.1, -0.05) is 71.7 Å². The monoisotopic (exact) mass is 448 g/mol. The summed E-state index contributed by atoms with van der Waals surface area (Å²) in [6.07, 6.45) is 1.01. The third-order valence-electron chi connectivity index (χ3n) is 4.15. The van der Waals surface area contributed by atoms with Crippen LogP contribution in [0.1, 0.15) is 0 Å². The Morgan fingerprint density at radius 1 is 0.966 bits per heavy atom. The van der Waals surface area contributed by atoms with Crippen LogP contribution >= 0.6 is 23.2 Å². The highest BCUT2D eigenvalue weighted by atomic mass is 35.5. The molecule has 0 bridgehead atoms. The molecule has 0 aliphatic heterocycles. The van der Waals surface area contributed by atoms with Gasteiger partial charge in [0, 0.05) is 16.3 Å². The molecule has 0 atom stereocenters. The fourth-order valence-electron chi connectivity index (χ4n) is 2.84. The average molecular weight is 449 g/mol. The second kappa shape index (κ2) is 8.86. The number of hydrogen-bond acceptors (Lipinski definition) is 3. The zero-order valence-electron chi connectivity index (χ0n) is 15.5. The van der Waals surface area contributed by atoms with Crippen LogP contribution in [0.2, 0.25) is 10.0 Å². The Bertz CT molecular complexity index is 1140. The van der Waals surface area contributed by atoms with Gasteiger partial charge in [-0.15, -0.1) is 0 Å². The van der Waals surface area contributed by atoms with Crippen LogP contribution in [0.4, 0.5) is 11.4 Å². The zero-order valence-corrected chi connectivity index (χ0v) is 17.8. The highest BCUT2D eigenvalue weighted by Crippen LogP contribution is 2.31. The van der Waals surface area contributed by atoms with Gasteiger partial charge in [-0.3, -0.25) is 9.10 Å². The number of para-hydroxylation sites is 1. The predicted molar refractivity (Wildman–Crippen MR) is 119 cm³/mol. The van der Waals surface area contributed by atoms with Crippen molar-refractivity contribution in [2.24, 2.45) is 0 Å². The van der Waals surface area contributed by atoms with Crippen LogP contribution in [-0.2, 0) is 14.8 Å². The van der Waals surface area contributed by atoms with Crippen LogP contribution < -0.4 is 9.62 Å². The maximum Gasteiger partial charge on any atom is 0.245 e. The number of halogens is 2. The van der Waals surface area contributed by atoms with Crippen molar-refractivity contribution < 1.29 is 13.2 Å². The smallest absolute Gasteiger partial charge is 0.245 e. The minimum absolute atomic E-state index is 0.146. The molecule has 3 aromatic rings. The second-order valence-electron chi connectivity index (χ2n) is 6.33. The summed E-state index contributed by atoms with van der Waals surface area (Å²) in [6.45, 7) is -0.442. The average Bonchev–Trinajstić information content (AvgIpc) is 2.68. The molecule has 0 heterocycles. The number of nitrogens with one attached hydrogen (secondary N) is 1. The minimum Gasteiger partial charge on any atom is -0.324 e. The van der Waals surface area contributed by atoms with Crippen molar-refractivity contribution in [1.82, 2.24) is 0 Å². The van der Waals surface area contributed by atoms with Gasteiger partial charge in [0.2, 0.25) is 15.9 Å². The van der Waals surface area contributed by atoms with E-state index in [1.807, 2.05) is 42.5 Å². The molecule has 0 aromatic heterocycles. The summed E-state index contributed by atoms with van der Waals surface area (Å²) in [4.78, 5) is 12.7. The molecular formula is C21H18Cl2N2O3S. The fourth-order valence-corrected chi connectivity index (χ4v) is 4.14. The van der Waals surface area contributed by atoms with E-state index in [0.29, 0.717) is 10.7 Å². The first-order valence-corrected chi connectivity index (χ1v) is 11.2. The number of hydrogen-bond donors (Lipinski definition) is 1. The molecule has 0 saturated heterocycles. The summed E-state index contributed by atoms with van der Waals surface area (Å²) >= 11 is 12.1. The van der Waals surface area contributed by atoms with Crippen molar-refractivity contribution in [3.63, 3.8) is 0 Å². The van der Waals surface area contributed by atoms with Crippen LogP contribution in [-0.4, -0.2) is 27.1 Å². The molecule has 0 spiro atoms. The lowest BCUT2D eigenvalue weighted by Crippen LogP contribution is -2.37. The first-order chi connectivity index (χ1) is 13.8. The highest BCUT2D eigenvalue weighted by Gasteiger charge is 2.23. The molecule has 29 heavy (non-hydrogen) atoms. The van der Waals surface area contributed by atoms with E-state index in [-0.39, 0.29) is 10.7 Å². The zero-order chi connectivity index (χ0) is 21.0. The van der Waals surface area contributed by atoms with Crippen molar-refractivity contribution in [3.8, 4) is 11.1 Å². The molecule has 8 heteroatoms. The van der Waals surface area contributed by atoms with Gasteiger partial charge in [-0.2, -0.15) is 0 Å². The Hall–Kier alpha value is -2.54. The van der Waals surface area contributed by atoms with Crippen molar-refractivity contribution in [2.45, 2.75) is 0 Å². The minimum atomic E-state index is -3.78. The number of carbonyl (C=O) groups excluding carboxylic acids is 1. The summed E-state index contributed by atoms with van der Waals surface area (Å²) in [6, 6.07) is 21.3. The van der Waals surface area contributed by atoms with E-state index >= 15 is 0 Å². The second-order valence-corrected chi connectivity index (χ2v) is 9.08. The Morgan fingerprint density at radius 2 is 1.62 bits per heavy atom. The summed E-state index contributed by atoms with van der Waals surface area (Å²) in [5.41, 5.74) is 2.48. The van der Waals surface area contributed by atoms with Gasteiger partial charge >= 0.3 is 0 Å². The number of anilines is 2. The molecule has 0 saturated carbocycles. The van der Waals surface area contributed by atoms with Gasteiger partial charge in [-0.25, -0.2) is 8.42 Å². The topological polar surface area (TPSA) is 66.5 Å². The van der Waals surface area contributed by atoms with E-state index in [4.69, 9.17) is 23.2 Å². The van der Waals surface area contributed by atoms with Gasteiger partial charge < -0.3 is 5.32 Å². The van der Waals surface area contributed by atoms with Crippen LogP contribution in [0.25, 0.3) is 11.1 Å². The van der Waals surface area contributed by atoms with Crippen molar-refractivity contribution in [1.29, 1.82) is 0 Å². The Kier molecular flexibility index (Phi) is 6.47. The number of amides is 1. The fraction of sp³-hybridized carbons (Fsp3) is 0.0952. The molecule has 5 nitrogen and oxygen atoms in total.